The molecule has 2 heterocycles. The molecule has 0 atom stereocenters. The number of alkyl halides is 3. The number of pyridine rings is 1. The minimum atomic E-state index is -4.45. The normalized spacial score (nSPS) is 16.1. The summed E-state index contributed by atoms with van der Waals surface area (Å²) in [6.07, 6.45) is -3.29. The number of aromatic nitrogens is 1. The first kappa shape index (κ1) is 20.3. The van der Waals surface area contributed by atoms with Crippen molar-refractivity contribution in [1.29, 1.82) is 0 Å². The maximum atomic E-state index is 13.1. The van der Waals surface area contributed by atoms with Gasteiger partial charge in [-0.1, -0.05) is 24.3 Å². The van der Waals surface area contributed by atoms with Crippen LogP contribution >= 0.6 is 0 Å². The lowest BCUT2D eigenvalue weighted by molar-refractivity contribution is -0.142. The highest BCUT2D eigenvalue weighted by Gasteiger charge is 2.35. The first-order chi connectivity index (χ1) is 13.3. The summed E-state index contributed by atoms with van der Waals surface area (Å²) in [5.41, 5.74) is 1.15. The average molecular weight is 392 g/mol. The molecule has 28 heavy (non-hydrogen) atoms. The van der Waals surface area contributed by atoms with Crippen molar-refractivity contribution < 1.29 is 18.0 Å². The number of halogens is 3. The summed E-state index contributed by atoms with van der Waals surface area (Å²) in [5.74, 6) is -0.0885. The first-order valence-corrected chi connectivity index (χ1v) is 9.14. The number of hydrogen-bond acceptors (Lipinski definition) is 4. The standard InChI is InChI=1S/C20H23F3N4O/c1-15-5-2-3-7-17(15)25-18(28)14-27-11-9-26(10-12-27)13-16-6-4-8-24-19(16)20(21,22)23/h2-8H,9-14H2,1H3,(H,25,28). The van der Waals surface area contributed by atoms with Crippen LogP contribution in [0.5, 0.6) is 0 Å². The topological polar surface area (TPSA) is 48.5 Å². The van der Waals surface area contributed by atoms with Crippen LogP contribution < -0.4 is 5.32 Å². The van der Waals surface area contributed by atoms with E-state index in [9.17, 15) is 18.0 Å². The van der Waals surface area contributed by atoms with Crippen molar-refractivity contribution >= 4 is 11.6 Å². The van der Waals surface area contributed by atoms with Crippen molar-refractivity contribution in [3.05, 3.63) is 59.4 Å². The molecule has 0 radical (unpaired) electrons. The van der Waals surface area contributed by atoms with Gasteiger partial charge in [0.15, 0.2) is 0 Å². The summed E-state index contributed by atoms with van der Waals surface area (Å²) < 4.78 is 39.2. The Balaban J connectivity index is 1.50. The quantitative estimate of drug-likeness (QED) is 0.849. The first-order valence-electron chi connectivity index (χ1n) is 9.14. The van der Waals surface area contributed by atoms with E-state index in [0.29, 0.717) is 26.2 Å². The molecule has 1 aliphatic heterocycles. The van der Waals surface area contributed by atoms with Gasteiger partial charge in [0.25, 0.3) is 0 Å². The van der Waals surface area contributed by atoms with Crippen LogP contribution in [-0.2, 0) is 17.5 Å². The van der Waals surface area contributed by atoms with Crippen LogP contribution in [0, 0.1) is 6.92 Å². The predicted octanol–water partition coefficient (Wildman–Crippen LogP) is 3.17. The number of amides is 1. The van der Waals surface area contributed by atoms with Crippen molar-refractivity contribution in [3.63, 3.8) is 0 Å². The summed E-state index contributed by atoms with van der Waals surface area (Å²) >= 11 is 0. The zero-order valence-corrected chi connectivity index (χ0v) is 15.7. The third kappa shape index (κ3) is 5.30. The molecule has 1 aromatic heterocycles. The Morgan fingerprint density at radius 2 is 1.75 bits per heavy atom. The fourth-order valence-electron chi connectivity index (χ4n) is 3.27. The molecule has 1 aliphatic rings. The number of carbonyl (C=O) groups is 1. The number of carbonyl (C=O) groups excluding carboxylic acids is 1. The predicted molar refractivity (Wildman–Crippen MR) is 101 cm³/mol. The van der Waals surface area contributed by atoms with Crippen molar-refractivity contribution in [2.24, 2.45) is 0 Å². The molecular weight excluding hydrogens is 369 g/mol. The van der Waals surface area contributed by atoms with Gasteiger partial charge in [-0.3, -0.25) is 19.6 Å². The van der Waals surface area contributed by atoms with Crippen molar-refractivity contribution in [2.75, 3.05) is 38.0 Å². The largest absolute Gasteiger partial charge is 0.433 e. The van der Waals surface area contributed by atoms with E-state index < -0.39 is 11.9 Å². The zero-order chi connectivity index (χ0) is 20.1. The van der Waals surface area contributed by atoms with Gasteiger partial charge in [0.05, 0.1) is 6.54 Å². The van der Waals surface area contributed by atoms with Crippen LogP contribution in [0.25, 0.3) is 0 Å². The Hall–Kier alpha value is -2.45. The van der Waals surface area contributed by atoms with Gasteiger partial charge in [0, 0.05) is 44.6 Å². The van der Waals surface area contributed by atoms with E-state index in [4.69, 9.17) is 0 Å². The van der Waals surface area contributed by atoms with E-state index in [1.807, 2.05) is 41.0 Å². The molecule has 0 unspecified atom stereocenters. The van der Waals surface area contributed by atoms with E-state index in [1.165, 1.54) is 12.1 Å². The highest BCUT2D eigenvalue weighted by molar-refractivity contribution is 5.92. The van der Waals surface area contributed by atoms with Crippen LogP contribution in [0.3, 0.4) is 0 Å². The van der Waals surface area contributed by atoms with Crippen molar-refractivity contribution in [2.45, 2.75) is 19.6 Å². The van der Waals surface area contributed by atoms with E-state index in [1.54, 1.807) is 0 Å². The fourth-order valence-corrected chi connectivity index (χ4v) is 3.27. The monoisotopic (exact) mass is 392 g/mol. The second-order valence-electron chi connectivity index (χ2n) is 6.92. The van der Waals surface area contributed by atoms with Crippen molar-refractivity contribution in [3.8, 4) is 0 Å². The Morgan fingerprint density at radius 3 is 2.43 bits per heavy atom. The van der Waals surface area contributed by atoms with Gasteiger partial charge in [-0.15, -0.1) is 0 Å². The third-order valence-corrected chi connectivity index (χ3v) is 4.81. The fraction of sp³-hybridized carbons (Fsp3) is 0.400. The Morgan fingerprint density at radius 1 is 1.07 bits per heavy atom. The summed E-state index contributed by atoms with van der Waals surface area (Å²) in [6.45, 7) is 4.86. The molecule has 8 heteroatoms. The van der Waals surface area contributed by atoms with Crippen LogP contribution in [-0.4, -0.2) is 53.4 Å². The van der Waals surface area contributed by atoms with Crippen molar-refractivity contribution in [1.82, 2.24) is 14.8 Å². The number of rotatable bonds is 5. The Bertz CT molecular complexity index is 817. The number of piperazine rings is 1. The molecule has 2 aromatic rings. The molecule has 1 aromatic carbocycles. The van der Waals surface area contributed by atoms with E-state index in [-0.39, 0.29) is 24.6 Å². The second-order valence-corrected chi connectivity index (χ2v) is 6.92. The number of hydrogen-bond donors (Lipinski definition) is 1. The van der Waals surface area contributed by atoms with Crippen LogP contribution in [0.4, 0.5) is 18.9 Å². The molecule has 1 saturated heterocycles. The number of aryl methyl sites for hydroxylation is 1. The number of anilines is 1. The van der Waals surface area contributed by atoms with Crippen LogP contribution in [0.15, 0.2) is 42.6 Å². The minimum absolute atomic E-state index is 0.0885. The third-order valence-electron chi connectivity index (χ3n) is 4.81. The van der Waals surface area contributed by atoms with Gasteiger partial charge < -0.3 is 5.32 Å². The molecule has 150 valence electrons. The molecule has 1 N–H and O–H groups in total. The van der Waals surface area contributed by atoms with Gasteiger partial charge in [-0.05, 0) is 30.2 Å². The molecule has 0 aliphatic carbocycles. The molecular formula is C20H23F3N4O. The molecule has 1 fully saturated rings. The van der Waals surface area contributed by atoms with E-state index >= 15 is 0 Å². The molecule has 1 amide bonds. The van der Waals surface area contributed by atoms with E-state index in [2.05, 4.69) is 10.3 Å². The average Bonchev–Trinajstić information content (AvgIpc) is 2.65. The summed E-state index contributed by atoms with van der Waals surface area (Å²) in [5, 5.41) is 2.91. The van der Waals surface area contributed by atoms with Gasteiger partial charge in [0.2, 0.25) is 5.91 Å². The molecule has 0 bridgehead atoms. The molecule has 0 saturated carbocycles. The summed E-state index contributed by atoms with van der Waals surface area (Å²) in [4.78, 5) is 19.7. The molecule has 3 rings (SSSR count). The molecule has 5 nitrogen and oxygen atoms in total. The Kier molecular flexibility index (Phi) is 6.31. The lowest BCUT2D eigenvalue weighted by Gasteiger charge is -2.34. The van der Waals surface area contributed by atoms with Crippen LogP contribution in [0.1, 0.15) is 16.8 Å². The second kappa shape index (κ2) is 8.70. The lowest BCUT2D eigenvalue weighted by atomic mass is 10.1. The lowest BCUT2D eigenvalue weighted by Crippen LogP contribution is -2.48. The zero-order valence-electron chi connectivity index (χ0n) is 15.7. The number of para-hydroxylation sites is 1. The minimum Gasteiger partial charge on any atom is -0.325 e. The highest BCUT2D eigenvalue weighted by Crippen LogP contribution is 2.30. The van der Waals surface area contributed by atoms with E-state index in [0.717, 1.165) is 17.4 Å². The number of nitrogens with zero attached hydrogens (tertiary/aromatic N) is 3. The van der Waals surface area contributed by atoms with Crippen LogP contribution in [0.2, 0.25) is 0 Å². The highest BCUT2D eigenvalue weighted by atomic mass is 19.4. The van der Waals surface area contributed by atoms with Gasteiger partial charge >= 0.3 is 6.18 Å². The maximum Gasteiger partial charge on any atom is 0.433 e. The summed E-state index contributed by atoms with van der Waals surface area (Å²) in [6, 6.07) is 10.6. The maximum absolute atomic E-state index is 13.1. The Labute approximate surface area is 162 Å². The number of nitrogens with one attached hydrogen (secondary N) is 1. The van der Waals surface area contributed by atoms with Gasteiger partial charge in [-0.25, -0.2) is 0 Å². The van der Waals surface area contributed by atoms with Gasteiger partial charge in [-0.2, -0.15) is 13.2 Å². The number of benzene rings is 1. The molecule has 0 spiro atoms. The SMILES string of the molecule is Cc1ccccc1NC(=O)CN1CCN(Cc2cccnc2C(F)(F)F)CC1. The summed E-state index contributed by atoms with van der Waals surface area (Å²) in [7, 11) is 0. The van der Waals surface area contributed by atoms with Gasteiger partial charge in [0.1, 0.15) is 5.69 Å². The smallest absolute Gasteiger partial charge is 0.325 e.